The summed E-state index contributed by atoms with van der Waals surface area (Å²) in [6, 6.07) is 171. The molecule has 109 heavy (non-hydrogen) atoms. The minimum absolute atomic E-state index is 0.289. The van der Waals surface area contributed by atoms with Gasteiger partial charge < -0.3 is 14.4 Å². The molecule has 20 rings (SSSR count). The predicted octanol–water partition coefficient (Wildman–Crippen LogP) is 14.7. The van der Waals surface area contributed by atoms with Gasteiger partial charge >= 0.3 is 0 Å². The van der Waals surface area contributed by atoms with E-state index in [1.165, 1.54) is 101 Å². The first-order chi connectivity index (χ1) is 54.1. The van der Waals surface area contributed by atoms with Gasteiger partial charge in [-0.15, -0.1) is 0 Å². The summed E-state index contributed by atoms with van der Waals surface area (Å²) in [5, 5.41) is 18.3. The molecular formula is C102H74BN3Si3. The lowest BCUT2D eigenvalue weighted by Crippen LogP contribution is -2.75. The van der Waals surface area contributed by atoms with Crippen LogP contribution >= 0.6 is 0 Å². The van der Waals surface area contributed by atoms with Gasteiger partial charge in [-0.1, -0.05) is 388 Å². The van der Waals surface area contributed by atoms with Gasteiger partial charge in [-0.05, 0) is 150 Å². The van der Waals surface area contributed by atoms with Crippen LogP contribution in [0.15, 0.2) is 449 Å². The number of hydrogen-bond donors (Lipinski definition) is 0. The van der Waals surface area contributed by atoms with E-state index in [4.69, 9.17) is 0 Å². The van der Waals surface area contributed by atoms with E-state index in [0.29, 0.717) is 0 Å². The molecule has 0 fully saturated rings. The van der Waals surface area contributed by atoms with Crippen molar-refractivity contribution >= 4 is 165 Å². The third-order valence-corrected chi connectivity index (χ3v) is 37.7. The van der Waals surface area contributed by atoms with Gasteiger partial charge in [0, 0.05) is 44.9 Å². The summed E-state index contributed by atoms with van der Waals surface area (Å²) in [4.78, 5) is 5.33. The van der Waals surface area contributed by atoms with Crippen molar-refractivity contribution < 1.29 is 0 Å². The van der Waals surface area contributed by atoms with Crippen LogP contribution in [0.1, 0.15) is 0 Å². The summed E-state index contributed by atoms with van der Waals surface area (Å²) >= 11 is 0. The Morgan fingerprint density at radius 2 is 0.514 bits per heavy atom. The quantitative estimate of drug-likeness (QED) is 0.0706. The molecule has 512 valence electrons. The molecule has 0 spiro atoms. The van der Waals surface area contributed by atoms with Crippen molar-refractivity contribution in [3.05, 3.63) is 449 Å². The van der Waals surface area contributed by atoms with Gasteiger partial charge in [-0.2, -0.15) is 0 Å². The molecule has 0 saturated carbocycles. The highest BCUT2D eigenvalue weighted by Gasteiger charge is 2.50. The Kier molecular flexibility index (Phi) is 16.4. The molecule has 2 aliphatic heterocycles. The Morgan fingerprint density at radius 3 is 0.927 bits per heavy atom. The minimum atomic E-state index is -3.19. The van der Waals surface area contributed by atoms with E-state index in [0.717, 1.165) is 50.8 Å². The van der Waals surface area contributed by atoms with Crippen LogP contribution in [-0.4, -0.2) is 35.5 Å². The summed E-state index contributed by atoms with van der Waals surface area (Å²) in [7, 11) is -9.28. The molecular weight excluding hydrogens is 1360 g/mol. The minimum Gasteiger partial charge on any atom is -0.311 e. The molecule has 0 amide bonds. The van der Waals surface area contributed by atoms with Crippen LogP contribution in [0.3, 0.4) is 0 Å². The van der Waals surface area contributed by atoms with Gasteiger partial charge in [0.25, 0.3) is 6.71 Å². The van der Waals surface area contributed by atoms with Gasteiger partial charge in [0.2, 0.25) is 0 Å². The van der Waals surface area contributed by atoms with Gasteiger partial charge in [0.05, 0.1) is 16.7 Å². The smallest absolute Gasteiger partial charge is 0.252 e. The maximum atomic E-state index is 2.69. The molecule has 0 radical (unpaired) electrons. The largest absolute Gasteiger partial charge is 0.311 e. The lowest BCUT2D eigenvalue weighted by molar-refractivity contribution is 1.16. The zero-order valence-electron chi connectivity index (χ0n) is 60.1. The topological polar surface area (TPSA) is 11.4 Å². The number of nitrogens with zero attached hydrogens (tertiary/aromatic N) is 3. The van der Waals surface area contributed by atoms with E-state index in [1.807, 2.05) is 0 Å². The predicted molar refractivity (Wildman–Crippen MR) is 471 cm³/mol. The van der Waals surface area contributed by atoms with Gasteiger partial charge in [-0.25, -0.2) is 0 Å². The molecule has 7 heteroatoms. The zero-order chi connectivity index (χ0) is 72.3. The standard InChI is InChI=1S/C102H74BN3Si3/c1-11-37-75(38-12-1)91-61-36-64-98-101(91)103-94-74-90(109(85-52-25-8-26-53-85,86-54-27-9-28-55-86)87-56-29-10-30-57-87)69-70-97(94)105(77-39-35-58-89(71-77)108(82-46-19-5-20-47-82,83-48-21-6-22-49-83)84-50-23-7-24-51-84)100-73-78(106-95-62-33-31-59-92(95)93-60-32-34-63-96(93)106)72-99(102(100)103)104(98)76-65-67-88(68-66-76)107(79-40-13-2-14-41-79,80-42-15-3-16-43-80)81-44-17-4-18-45-81/h1-74H. The molecule has 0 N–H and O–H groups in total. The fourth-order valence-corrected chi connectivity index (χ4v) is 33.3. The van der Waals surface area contributed by atoms with Crippen molar-refractivity contribution in [2.24, 2.45) is 0 Å². The Bertz CT molecular complexity index is 5990. The summed E-state index contributed by atoms with van der Waals surface area (Å²) in [5.74, 6) is 0. The number of para-hydroxylation sites is 2. The van der Waals surface area contributed by atoms with Crippen LogP contribution < -0.4 is 88.4 Å². The van der Waals surface area contributed by atoms with Gasteiger partial charge in [-0.3, -0.25) is 0 Å². The van der Waals surface area contributed by atoms with Crippen LogP contribution in [0.2, 0.25) is 0 Å². The van der Waals surface area contributed by atoms with Crippen molar-refractivity contribution in [3.8, 4) is 16.8 Å². The van der Waals surface area contributed by atoms with Crippen LogP contribution in [0, 0.1) is 0 Å². The fraction of sp³-hybridized carbons (Fsp3) is 0. The second-order valence-corrected chi connectivity index (χ2v) is 40.3. The monoisotopic (exact) mass is 1440 g/mol. The van der Waals surface area contributed by atoms with E-state index >= 15 is 0 Å². The zero-order valence-corrected chi connectivity index (χ0v) is 63.1. The van der Waals surface area contributed by atoms with Crippen LogP contribution in [0.25, 0.3) is 38.6 Å². The number of benzene rings is 17. The normalized spacial score (nSPS) is 12.5. The lowest BCUT2D eigenvalue weighted by atomic mass is 9.32. The number of rotatable bonds is 16. The molecule has 0 bridgehead atoms. The molecule has 0 saturated heterocycles. The van der Waals surface area contributed by atoms with Crippen molar-refractivity contribution in [2.45, 2.75) is 0 Å². The Balaban J connectivity index is 0.934. The average Bonchev–Trinajstić information content (AvgIpc) is 1.16. The Labute approximate surface area is 641 Å². The van der Waals surface area contributed by atoms with Crippen LogP contribution in [0.5, 0.6) is 0 Å². The van der Waals surface area contributed by atoms with Crippen molar-refractivity contribution in [1.29, 1.82) is 0 Å². The number of fused-ring (bicyclic) bond motifs is 7. The second-order valence-electron chi connectivity index (χ2n) is 28.9. The van der Waals surface area contributed by atoms with Gasteiger partial charge in [0.1, 0.15) is 0 Å². The van der Waals surface area contributed by atoms with Crippen molar-refractivity contribution in [1.82, 2.24) is 4.57 Å². The molecule has 3 nitrogen and oxygen atoms in total. The summed E-state index contributed by atoms with van der Waals surface area (Å²) in [6.07, 6.45) is 0. The Hall–Kier alpha value is -13.1. The first-order valence-corrected chi connectivity index (χ1v) is 43.9. The van der Waals surface area contributed by atoms with E-state index < -0.39 is 24.2 Å². The maximum Gasteiger partial charge on any atom is 0.252 e. The lowest BCUT2D eigenvalue weighted by Gasteiger charge is -2.46. The highest BCUT2D eigenvalue weighted by molar-refractivity contribution is 7.21. The maximum absolute atomic E-state index is 3.19. The molecule has 1 aromatic heterocycles. The summed E-state index contributed by atoms with van der Waals surface area (Å²) in [6.45, 7) is -0.289. The molecule has 3 heterocycles. The fourth-order valence-electron chi connectivity index (χ4n) is 19.0. The Morgan fingerprint density at radius 1 is 0.193 bits per heavy atom. The second kappa shape index (κ2) is 27.3. The summed E-state index contributed by atoms with van der Waals surface area (Å²) in [5.41, 5.74) is 16.2. The number of anilines is 6. The first-order valence-electron chi connectivity index (χ1n) is 37.9. The molecule has 17 aromatic carbocycles. The molecule has 2 aliphatic rings. The van der Waals surface area contributed by atoms with Crippen molar-refractivity contribution in [3.63, 3.8) is 0 Å². The van der Waals surface area contributed by atoms with Crippen LogP contribution in [-0.2, 0) is 0 Å². The highest BCUT2D eigenvalue weighted by Crippen LogP contribution is 2.47. The van der Waals surface area contributed by atoms with Crippen LogP contribution in [0.4, 0.5) is 34.1 Å². The van der Waals surface area contributed by atoms with E-state index in [-0.39, 0.29) is 6.71 Å². The molecule has 0 unspecified atom stereocenters. The third-order valence-electron chi connectivity index (χ3n) is 23.4. The molecule has 18 aromatic rings. The number of hydrogen-bond acceptors (Lipinski definition) is 2. The molecule has 0 aliphatic carbocycles. The van der Waals surface area contributed by atoms with Gasteiger partial charge in [0.15, 0.2) is 24.2 Å². The third kappa shape index (κ3) is 10.4. The highest BCUT2D eigenvalue weighted by atomic mass is 28.3. The first kappa shape index (κ1) is 65.4. The van der Waals surface area contributed by atoms with Crippen molar-refractivity contribution in [2.75, 3.05) is 9.80 Å². The average molecular weight is 1440 g/mol. The number of aromatic nitrogens is 1. The van der Waals surface area contributed by atoms with E-state index in [2.05, 4.69) is 463 Å². The summed E-state index contributed by atoms with van der Waals surface area (Å²) < 4.78 is 2.54. The van der Waals surface area contributed by atoms with E-state index in [9.17, 15) is 0 Å². The molecule has 0 atom stereocenters. The van der Waals surface area contributed by atoms with E-state index in [1.54, 1.807) is 0 Å². The SMILES string of the molecule is c1ccc(-c2cccc3c2B2c4cc([Si](c5ccccc5)(c5ccccc5)c5ccccc5)ccc4N(c4cccc([Si](c5ccccc5)(c5ccccc5)c5ccccc5)c4)c4cc(-n5c6ccccc6c6ccccc65)cc(c42)N3c2ccc([Si](c3ccccc3)(c3ccccc3)c3ccccc3)cc2)cc1.